The number of rotatable bonds is 9. The second kappa shape index (κ2) is 10.8. The Morgan fingerprint density at radius 3 is 2.60 bits per heavy atom. The summed E-state index contributed by atoms with van der Waals surface area (Å²) in [4.78, 5) is 46.7. The molecular weight excluding hydrogens is 532 g/mol. The van der Waals surface area contributed by atoms with Crippen LogP contribution in [0.3, 0.4) is 0 Å². The van der Waals surface area contributed by atoms with Gasteiger partial charge in [0.25, 0.3) is 5.91 Å². The van der Waals surface area contributed by atoms with Crippen LogP contribution in [0.15, 0.2) is 70.9 Å². The molecule has 10 heteroatoms. The van der Waals surface area contributed by atoms with Crippen LogP contribution in [0.2, 0.25) is 0 Å². The van der Waals surface area contributed by atoms with E-state index in [1.165, 1.54) is 18.1 Å². The summed E-state index contributed by atoms with van der Waals surface area (Å²) in [6, 6.07) is 9.47. The lowest BCUT2D eigenvalue weighted by molar-refractivity contribution is 0.0554. The van der Waals surface area contributed by atoms with E-state index in [-0.39, 0.29) is 40.0 Å². The molecule has 0 saturated carbocycles. The van der Waals surface area contributed by atoms with Gasteiger partial charge < -0.3 is 18.6 Å². The molecule has 2 aromatic carbocycles. The third-order valence-electron chi connectivity index (χ3n) is 6.39. The molecule has 1 aliphatic heterocycles. The third kappa shape index (κ3) is 4.56. The average molecular weight is 559 g/mol. The number of methoxy groups -OCH3 is 1. The molecule has 1 amide bonds. The summed E-state index contributed by atoms with van der Waals surface area (Å²) < 4.78 is 22.5. The number of nitrogens with zero attached hydrogens (tertiary/aromatic N) is 2. The van der Waals surface area contributed by atoms with Crippen LogP contribution < -0.4 is 19.8 Å². The molecule has 9 nitrogen and oxygen atoms in total. The van der Waals surface area contributed by atoms with Crippen molar-refractivity contribution >= 4 is 39.3 Å². The molecular formula is C30H26N2O7S. The van der Waals surface area contributed by atoms with E-state index in [2.05, 4.69) is 18.1 Å². The fraction of sp³-hybridized carbons (Fsp3) is 0.200. The minimum Gasteiger partial charge on any atom is -0.493 e. The van der Waals surface area contributed by atoms with Gasteiger partial charge in [-0.05, 0) is 43.7 Å². The Kier molecular flexibility index (Phi) is 7.27. The molecule has 3 heterocycles. The Bertz CT molecular complexity index is 1740. The van der Waals surface area contributed by atoms with E-state index in [1.54, 1.807) is 43.3 Å². The number of fused-ring (bicyclic) bond motifs is 2. The predicted octanol–water partition coefficient (Wildman–Crippen LogP) is 5.53. The quantitative estimate of drug-likeness (QED) is 0.195. The van der Waals surface area contributed by atoms with Gasteiger partial charge in [0.15, 0.2) is 22.1 Å². The van der Waals surface area contributed by atoms with E-state index in [1.807, 2.05) is 13.0 Å². The molecule has 0 fully saturated rings. The molecule has 4 aromatic rings. The number of benzene rings is 2. The number of ether oxygens (including phenoxy) is 3. The maximum Gasteiger partial charge on any atom is 0.350 e. The van der Waals surface area contributed by atoms with Gasteiger partial charge in [-0.25, -0.2) is 9.78 Å². The zero-order valence-electron chi connectivity index (χ0n) is 22.2. The molecule has 5 rings (SSSR count). The SMILES string of the molecule is C=CCOC(=O)c1sc(N2C(=O)c3oc4ccc(C)cc4c(=O)c3C2c2ccc(OCC=C)c(OC)c2)nc1C. The Hall–Kier alpha value is -4.70. The van der Waals surface area contributed by atoms with Gasteiger partial charge in [0, 0.05) is 0 Å². The van der Waals surface area contributed by atoms with Gasteiger partial charge in [0.05, 0.1) is 29.8 Å². The number of carbonyl (C=O) groups is 2. The highest BCUT2D eigenvalue weighted by atomic mass is 32.1. The van der Waals surface area contributed by atoms with Crippen molar-refractivity contribution in [3.8, 4) is 11.5 Å². The second-order valence-electron chi connectivity index (χ2n) is 9.06. The smallest absolute Gasteiger partial charge is 0.350 e. The Morgan fingerprint density at radius 1 is 1.10 bits per heavy atom. The standard InChI is InChI=1S/C30H26N2O7S/c1-6-12-37-21-11-9-18(15-22(21)36-5)24-23-25(33)19-14-16(3)8-10-20(19)39-26(23)28(34)32(24)30-31-17(4)27(40-30)29(35)38-13-7-2/h6-11,14-15,24H,1-2,12-13H2,3-5H3. The highest BCUT2D eigenvalue weighted by molar-refractivity contribution is 7.17. The van der Waals surface area contributed by atoms with Gasteiger partial charge in [-0.15, -0.1) is 0 Å². The first kappa shape index (κ1) is 26.9. The molecule has 0 spiro atoms. The molecule has 1 atom stereocenters. The Balaban J connectivity index is 1.72. The first-order valence-electron chi connectivity index (χ1n) is 12.4. The number of esters is 1. The van der Waals surface area contributed by atoms with Crippen molar-refractivity contribution in [2.24, 2.45) is 0 Å². The van der Waals surface area contributed by atoms with E-state index in [0.29, 0.717) is 33.7 Å². The van der Waals surface area contributed by atoms with Gasteiger partial charge in [-0.1, -0.05) is 54.3 Å². The monoisotopic (exact) mass is 558 g/mol. The lowest BCUT2D eigenvalue weighted by atomic mass is 9.98. The summed E-state index contributed by atoms with van der Waals surface area (Å²) in [6.07, 6.45) is 3.08. The lowest BCUT2D eigenvalue weighted by Crippen LogP contribution is -2.29. The van der Waals surface area contributed by atoms with Gasteiger partial charge >= 0.3 is 5.97 Å². The third-order valence-corrected chi connectivity index (χ3v) is 7.53. The second-order valence-corrected chi connectivity index (χ2v) is 10.0. The van der Waals surface area contributed by atoms with Crippen LogP contribution in [0, 0.1) is 13.8 Å². The summed E-state index contributed by atoms with van der Waals surface area (Å²) >= 11 is 0.999. The normalized spacial score (nSPS) is 14.2. The van der Waals surface area contributed by atoms with Crippen molar-refractivity contribution in [2.45, 2.75) is 19.9 Å². The van der Waals surface area contributed by atoms with Gasteiger partial charge in [-0.2, -0.15) is 0 Å². The molecule has 0 saturated heterocycles. The van der Waals surface area contributed by atoms with E-state index >= 15 is 0 Å². The minimum absolute atomic E-state index is 0.0344. The van der Waals surface area contributed by atoms with Crippen molar-refractivity contribution in [1.82, 2.24) is 4.98 Å². The number of hydrogen-bond acceptors (Lipinski definition) is 9. The number of aryl methyl sites for hydroxylation is 2. The number of amides is 1. The number of aromatic nitrogens is 1. The van der Waals surface area contributed by atoms with E-state index in [9.17, 15) is 14.4 Å². The van der Waals surface area contributed by atoms with Gasteiger partial charge in [-0.3, -0.25) is 14.5 Å². The Labute approximate surface area is 233 Å². The lowest BCUT2D eigenvalue weighted by Gasteiger charge is -2.23. The van der Waals surface area contributed by atoms with Crippen LogP contribution in [-0.2, 0) is 4.74 Å². The predicted molar refractivity (Wildman–Crippen MR) is 152 cm³/mol. The van der Waals surface area contributed by atoms with Crippen LogP contribution in [0.4, 0.5) is 5.13 Å². The number of anilines is 1. The molecule has 2 aromatic heterocycles. The highest BCUT2D eigenvalue weighted by Gasteiger charge is 2.45. The first-order chi connectivity index (χ1) is 19.3. The van der Waals surface area contributed by atoms with Crippen molar-refractivity contribution in [3.05, 3.63) is 105 Å². The molecule has 1 unspecified atom stereocenters. The number of carbonyl (C=O) groups excluding carboxylic acids is 2. The summed E-state index contributed by atoms with van der Waals surface area (Å²) in [5, 5.41) is 0.579. The van der Waals surface area contributed by atoms with Crippen molar-refractivity contribution in [2.75, 3.05) is 25.2 Å². The Morgan fingerprint density at radius 2 is 1.88 bits per heavy atom. The molecule has 0 aliphatic carbocycles. The molecule has 0 radical (unpaired) electrons. The molecule has 40 heavy (non-hydrogen) atoms. The van der Waals surface area contributed by atoms with E-state index in [0.717, 1.165) is 16.9 Å². The average Bonchev–Trinajstić information content (AvgIpc) is 3.48. The van der Waals surface area contributed by atoms with Gasteiger partial charge in [0.1, 0.15) is 23.7 Å². The van der Waals surface area contributed by atoms with Crippen LogP contribution in [0.5, 0.6) is 11.5 Å². The molecule has 204 valence electrons. The van der Waals surface area contributed by atoms with Crippen LogP contribution in [-0.4, -0.2) is 37.2 Å². The van der Waals surface area contributed by atoms with E-state index in [4.69, 9.17) is 18.6 Å². The highest BCUT2D eigenvalue weighted by Crippen LogP contribution is 2.45. The fourth-order valence-corrected chi connectivity index (χ4v) is 5.58. The number of hydrogen-bond donors (Lipinski definition) is 0. The van der Waals surface area contributed by atoms with Gasteiger partial charge in [0.2, 0.25) is 5.76 Å². The minimum atomic E-state index is -0.909. The van der Waals surface area contributed by atoms with Crippen molar-refractivity contribution < 1.29 is 28.2 Å². The van der Waals surface area contributed by atoms with Crippen LogP contribution in [0.1, 0.15) is 48.7 Å². The molecule has 1 aliphatic rings. The summed E-state index contributed by atoms with van der Waals surface area (Å²) in [5.41, 5.74) is 1.98. The summed E-state index contributed by atoms with van der Waals surface area (Å²) in [6.45, 7) is 11.1. The largest absolute Gasteiger partial charge is 0.493 e. The van der Waals surface area contributed by atoms with Crippen molar-refractivity contribution in [1.29, 1.82) is 0 Å². The van der Waals surface area contributed by atoms with Crippen LogP contribution >= 0.6 is 11.3 Å². The van der Waals surface area contributed by atoms with Crippen LogP contribution in [0.25, 0.3) is 11.0 Å². The maximum absolute atomic E-state index is 13.9. The van der Waals surface area contributed by atoms with E-state index < -0.39 is 17.9 Å². The first-order valence-corrected chi connectivity index (χ1v) is 13.2. The topological polar surface area (TPSA) is 108 Å². The zero-order chi connectivity index (χ0) is 28.6. The molecule has 0 N–H and O–H groups in total. The molecule has 0 bridgehead atoms. The van der Waals surface area contributed by atoms with Crippen molar-refractivity contribution in [3.63, 3.8) is 0 Å². The zero-order valence-corrected chi connectivity index (χ0v) is 23.0. The maximum atomic E-state index is 13.9. The fourth-order valence-electron chi connectivity index (χ4n) is 4.60. The summed E-state index contributed by atoms with van der Waals surface area (Å²) in [5.74, 6) is -0.333. The summed E-state index contributed by atoms with van der Waals surface area (Å²) in [7, 11) is 1.50. The number of thiazole rings is 1.